The number of carbonyl (C=O) groups excluding carboxylic acids is 1. The van der Waals surface area contributed by atoms with Gasteiger partial charge in [0.25, 0.3) is 0 Å². The van der Waals surface area contributed by atoms with E-state index in [0.717, 1.165) is 0 Å². The Hall–Kier alpha value is -2.66. The maximum atomic E-state index is 12.8. The number of hydrogen-bond acceptors (Lipinski definition) is 4. The maximum absolute atomic E-state index is 12.8. The molecule has 120 valence electrons. The minimum atomic E-state index is -1.12. The van der Waals surface area contributed by atoms with Crippen LogP contribution in [0, 0.1) is 0 Å². The lowest BCUT2D eigenvalue weighted by atomic mass is 9.96. The first-order valence-corrected chi connectivity index (χ1v) is 7.24. The van der Waals surface area contributed by atoms with E-state index in [2.05, 4.69) is 0 Å². The van der Waals surface area contributed by atoms with Crippen LogP contribution in [0.2, 0.25) is 0 Å². The van der Waals surface area contributed by atoms with E-state index in [9.17, 15) is 14.7 Å². The van der Waals surface area contributed by atoms with Gasteiger partial charge in [-0.05, 0) is 32.9 Å². The first-order chi connectivity index (χ1) is 10.7. The van der Waals surface area contributed by atoms with Gasteiger partial charge in [0, 0.05) is 16.7 Å². The zero-order valence-electron chi connectivity index (χ0n) is 13.4. The number of ketones is 1. The van der Waals surface area contributed by atoms with Gasteiger partial charge in [-0.25, -0.2) is 10.6 Å². The van der Waals surface area contributed by atoms with E-state index in [1.165, 1.54) is 11.1 Å². The van der Waals surface area contributed by atoms with Crippen LogP contribution < -0.4 is 10.9 Å². The number of benzene rings is 2. The van der Waals surface area contributed by atoms with Crippen LogP contribution in [0.5, 0.6) is 0 Å². The van der Waals surface area contributed by atoms with Crippen molar-refractivity contribution in [3.05, 3.63) is 65.2 Å². The molecule has 0 aliphatic rings. The Bertz CT molecular complexity index is 734. The van der Waals surface area contributed by atoms with Gasteiger partial charge in [0.15, 0.2) is 5.78 Å². The Morgan fingerprint density at radius 3 is 2.04 bits per heavy atom. The fraction of sp³-hybridized carbons (Fsp3) is 0.222. The molecule has 0 aliphatic heterocycles. The molecular weight excluding hydrogens is 292 g/mol. The van der Waals surface area contributed by atoms with E-state index < -0.39 is 11.5 Å². The molecule has 0 radical (unpaired) electrons. The number of aromatic carboxylic acids is 1. The molecular formula is C18H20N2O3. The van der Waals surface area contributed by atoms with Crippen molar-refractivity contribution in [1.82, 2.24) is 0 Å². The molecule has 0 atom stereocenters. The van der Waals surface area contributed by atoms with Gasteiger partial charge in [-0.15, -0.1) is 0 Å². The highest BCUT2D eigenvalue weighted by atomic mass is 16.4. The molecule has 2 rings (SSSR count). The van der Waals surface area contributed by atoms with Crippen molar-refractivity contribution in [2.75, 3.05) is 5.01 Å². The van der Waals surface area contributed by atoms with Crippen molar-refractivity contribution in [3.63, 3.8) is 0 Å². The summed E-state index contributed by atoms with van der Waals surface area (Å²) in [5, 5.41) is 10.8. The summed E-state index contributed by atoms with van der Waals surface area (Å²) < 4.78 is 0. The van der Waals surface area contributed by atoms with Gasteiger partial charge in [-0.1, -0.05) is 36.4 Å². The van der Waals surface area contributed by atoms with Crippen molar-refractivity contribution in [2.45, 2.75) is 26.3 Å². The van der Waals surface area contributed by atoms with Crippen LogP contribution in [0.15, 0.2) is 48.5 Å². The number of hydrogen-bond donors (Lipinski definition) is 2. The summed E-state index contributed by atoms with van der Waals surface area (Å²) in [5.41, 5.74) is 0.440. The molecule has 0 aliphatic carbocycles. The van der Waals surface area contributed by atoms with Gasteiger partial charge in [0.1, 0.15) is 0 Å². The van der Waals surface area contributed by atoms with E-state index in [-0.39, 0.29) is 22.6 Å². The van der Waals surface area contributed by atoms with Crippen molar-refractivity contribution in [1.29, 1.82) is 0 Å². The van der Waals surface area contributed by atoms with Crippen molar-refractivity contribution in [2.24, 2.45) is 5.84 Å². The van der Waals surface area contributed by atoms with Crippen molar-refractivity contribution >= 4 is 17.4 Å². The van der Waals surface area contributed by atoms with E-state index in [1.807, 2.05) is 26.8 Å². The van der Waals surface area contributed by atoms with Crippen LogP contribution in [0.4, 0.5) is 5.69 Å². The van der Waals surface area contributed by atoms with Crippen LogP contribution in [0.25, 0.3) is 0 Å². The van der Waals surface area contributed by atoms with Gasteiger partial charge in [-0.2, -0.15) is 0 Å². The SMILES string of the molecule is CC(C)(C)N(N)c1c(C(=O)O)cccc1C(=O)c1ccccc1. The molecule has 23 heavy (non-hydrogen) atoms. The predicted molar refractivity (Wildman–Crippen MR) is 89.7 cm³/mol. The molecule has 0 unspecified atom stereocenters. The third-order valence-electron chi connectivity index (χ3n) is 3.51. The maximum Gasteiger partial charge on any atom is 0.337 e. The average Bonchev–Trinajstić information content (AvgIpc) is 2.52. The fourth-order valence-corrected chi connectivity index (χ4v) is 2.24. The third-order valence-corrected chi connectivity index (χ3v) is 3.51. The number of carboxylic acids is 1. The van der Waals surface area contributed by atoms with E-state index in [4.69, 9.17) is 5.84 Å². The lowest BCUT2D eigenvalue weighted by molar-refractivity contribution is 0.0697. The standard InChI is InChI=1S/C18H20N2O3/c1-18(2,3)20(19)15-13(10-7-11-14(15)17(22)23)16(21)12-8-5-4-6-9-12/h4-11H,19H2,1-3H3,(H,22,23). The number of anilines is 1. The van der Waals surface area contributed by atoms with Gasteiger partial charge in [-0.3, -0.25) is 4.79 Å². The van der Waals surface area contributed by atoms with Gasteiger partial charge in [0.2, 0.25) is 0 Å². The minimum absolute atomic E-state index is 0.00389. The zero-order valence-corrected chi connectivity index (χ0v) is 13.4. The van der Waals surface area contributed by atoms with E-state index >= 15 is 0 Å². The van der Waals surface area contributed by atoms with E-state index in [0.29, 0.717) is 5.56 Å². The van der Waals surface area contributed by atoms with Crippen LogP contribution in [-0.2, 0) is 0 Å². The Morgan fingerprint density at radius 2 is 1.52 bits per heavy atom. The fourth-order valence-electron chi connectivity index (χ4n) is 2.24. The second-order valence-electron chi connectivity index (χ2n) is 6.24. The monoisotopic (exact) mass is 312 g/mol. The first kappa shape index (κ1) is 16.7. The Kier molecular flexibility index (Phi) is 4.52. The molecule has 3 N–H and O–H groups in total. The summed E-state index contributed by atoms with van der Waals surface area (Å²) in [6, 6.07) is 13.3. The van der Waals surface area contributed by atoms with Gasteiger partial charge >= 0.3 is 5.97 Å². The summed E-state index contributed by atoms with van der Waals surface area (Å²) in [7, 11) is 0. The summed E-state index contributed by atoms with van der Waals surface area (Å²) >= 11 is 0. The Balaban J connectivity index is 2.67. The molecule has 0 spiro atoms. The number of carboxylic acid groups (broad SMARTS) is 1. The highest BCUT2D eigenvalue weighted by molar-refractivity contribution is 6.14. The third kappa shape index (κ3) is 3.40. The lowest BCUT2D eigenvalue weighted by Crippen LogP contribution is -2.48. The molecule has 0 saturated carbocycles. The molecule has 0 aromatic heterocycles. The molecule has 0 heterocycles. The van der Waals surface area contributed by atoms with Crippen LogP contribution >= 0.6 is 0 Å². The van der Waals surface area contributed by atoms with Crippen molar-refractivity contribution < 1.29 is 14.7 Å². The Morgan fingerprint density at radius 1 is 0.957 bits per heavy atom. The average molecular weight is 312 g/mol. The second-order valence-corrected chi connectivity index (χ2v) is 6.24. The molecule has 0 bridgehead atoms. The number of nitrogens with zero attached hydrogens (tertiary/aromatic N) is 1. The topological polar surface area (TPSA) is 83.6 Å². The van der Waals surface area contributed by atoms with E-state index in [1.54, 1.807) is 36.4 Å². The van der Waals surface area contributed by atoms with Crippen LogP contribution in [0.1, 0.15) is 47.1 Å². The minimum Gasteiger partial charge on any atom is -0.478 e. The lowest BCUT2D eigenvalue weighted by Gasteiger charge is -2.35. The highest BCUT2D eigenvalue weighted by Gasteiger charge is 2.28. The molecule has 0 saturated heterocycles. The van der Waals surface area contributed by atoms with Crippen LogP contribution in [0.3, 0.4) is 0 Å². The molecule has 0 amide bonds. The highest BCUT2D eigenvalue weighted by Crippen LogP contribution is 2.30. The first-order valence-electron chi connectivity index (χ1n) is 7.24. The number of hydrazine groups is 1. The molecule has 5 nitrogen and oxygen atoms in total. The number of rotatable bonds is 4. The largest absolute Gasteiger partial charge is 0.478 e. The smallest absolute Gasteiger partial charge is 0.337 e. The van der Waals surface area contributed by atoms with Crippen molar-refractivity contribution in [3.8, 4) is 0 Å². The molecule has 0 fully saturated rings. The summed E-state index contributed by atoms with van der Waals surface area (Å²) in [6.07, 6.45) is 0. The second kappa shape index (κ2) is 6.22. The summed E-state index contributed by atoms with van der Waals surface area (Å²) in [5.74, 6) is 4.76. The summed E-state index contributed by atoms with van der Waals surface area (Å²) in [4.78, 5) is 24.4. The quantitative estimate of drug-likeness (QED) is 0.515. The zero-order chi connectivity index (χ0) is 17.2. The molecule has 2 aromatic rings. The van der Waals surface area contributed by atoms with Gasteiger partial charge < -0.3 is 10.1 Å². The predicted octanol–water partition coefficient (Wildman–Crippen LogP) is 3.09. The molecule has 2 aromatic carbocycles. The number of carbonyl (C=O) groups is 2. The summed E-state index contributed by atoms with van der Waals surface area (Å²) in [6.45, 7) is 5.55. The normalized spacial score (nSPS) is 11.1. The van der Waals surface area contributed by atoms with Crippen LogP contribution in [-0.4, -0.2) is 22.4 Å². The molecule has 5 heteroatoms. The number of nitrogens with two attached hydrogens (primary N) is 1. The Labute approximate surface area is 135 Å². The van der Waals surface area contributed by atoms with Gasteiger partial charge in [0.05, 0.1) is 11.3 Å². The number of para-hydroxylation sites is 1.